The normalized spacial score (nSPS) is 22.6. The van der Waals surface area contributed by atoms with Gasteiger partial charge in [0.2, 0.25) is 0 Å². The Morgan fingerprint density at radius 1 is 1.35 bits per heavy atom. The summed E-state index contributed by atoms with van der Waals surface area (Å²) in [5.74, 6) is 0.766. The molecular weight excluding hydrogens is 280 g/mol. The number of amides is 1. The van der Waals surface area contributed by atoms with Crippen LogP contribution in [0, 0.1) is 22.0 Å². The predicted molar refractivity (Wildman–Crippen MR) is 77.0 cm³/mol. The van der Waals surface area contributed by atoms with E-state index >= 15 is 0 Å². The Morgan fingerprint density at radius 2 is 1.95 bits per heavy atom. The highest BCUT2D eigenvalue weighted by Gasteiger charge is 2.27. The van der Waals surface area contributed by atoms with Crippen molar-refractivity contribution in [1.29, 1.82) is 0 Å². The van der Waals surface area contributed by atoms with Gasteiger partial charge in [-0.15, -0.1) is 0 Å². The molecule has 0 spiro atoms. The molecule has 1 fully saturated rings. The van der Waals surface area contributed by atoms with E-state index in [1.165, 1.54) is 18.2 Å². The number of carbonyl (C=O) groups is 1. The number of non-ortho nitro benzene ring substituents is 1. The van der Waals surface area contributed by atoms with Crippen LogP contribution >= 0.6 is 11.6 Å². The Bertz CT molecular complexity index is 537. The molecule has 0 aliphatic carbocycles. The standard InChI is InChI=1S/C14H17ClN2O3/c1-9-5-10(2)8-16(7-9)14(18)12-4-3-11(17(19)20)6-13(12)15/h3-4,6,9-10H,5,7-8H2,1-2H3/t9-,10-/m0/s1. The molecule has 0 unspecified atom stereocenters. The van der Waals surface area contributed by atoms with Crippen LogP contribution in [0.5, 0.6) is 0 Å². The molecule has 1 amide bonds. The van der Waals surface area contributed by atoms with Gasteiger partial charge in [0.1, 0.15) is 0 Å². The fourth-order valence-corrected chi connectivity index (χ4v) is 3.05. The highest BCUT2D eigenvalue weighted by atomic mass is 35.5. The summed E-state index contributed by atoms with van der Waals surface area (Å²) in [6.07, 6.45) is 1.11. The number of halogens is 1. The number of rotatable bonds is 2. The van der Waals surface area contributed by atoms with E-state index in [2.05, 4.69) is 13.8 Å². The first-order valence-corrected chi connectivity index (χ1v) is 6.99. The van der Waals surface area contributed by atoms with Gasteiger partial charge in [0, 0.05) is 25.2 Å². The highest BCUT2D eigenvalue weighted by molar-refractivity contribution is 6.34. The molecular formula is C14H17ClN2O3. The summed E-state index contributed by atoms with van der Waals surface area (Å²) in [6, 6.07) is 3.98. The largest absolute Gasteiger partial charge is 0.338 e. The maximum Gasteiger partial charge on any atom is 0.270 e. The van der Waals surface area contributed by atoms with Crippen molar-refractivity contribution in [3.63, 3.8) is 0 Å². The van der Waals surface area contributed by atoms with Crippen LogP contribution in [0.4, 0.5) is 5.69 Å². The van der Waals surface area contributed by atoms with E-state index in [9.17, 15) is 14.9 Å². The molecule has 0 saturated carbocycles. The Labute approximate surface area is 122 Å². The number of benzene rings is 1. The first-order chi connectivity index (χ1) is 9.38. The summed E-state index contributed by atoms with van der Waals surface area (Å²) in [7, 11) is 0. The summed E-state index contributed by atoms with van der Waals surface area (Å²) < 4.78 is 0. The molecule has 2 atom stereocenters. The monoisotopic (exact) mass is 296 g/mol. The van der Waals surface area contributed by atoms with E-state index in [4.69, 9.17) is 11.6 Å². The van der Waals surface area contributed by atoms with Crippen molar-refractivity contribution in [2.75, 3.05) is 13.1 Å². The molecule has 1 saturated heterocycles. The molecule has 108 valence electrons. The number of nitro groups is 1. The van der Waals surface area contributed by atoms with Gasteiger partial charge < -0.3 is 4.90 Å². The zero-order valence-corrected chi connectivity index (χ0v) is 12.3. The topological polar surface area (TPSA) is 63.5 Å². The lowest BCUT2D eigenvalue weighted by Gasteiger charge is -2.35. The smallest absolute Gasteiger partial charge is 0.270 e. The van der Waals surface area contributed by atoms with Crippen LogP contribution in [0.2, 0.25) is 5.02 Å². The zero-order valence-electron chi connectivity index (χ0n) is 11.5. The van der Waals surface area contributed by atoms with E-state index in [1.54, 1.807) is 4.90 Å². The van der Waals surface area contributed by atoms with Crippen LogP contribution in [0.1, 0.15) is 30.6 Å². The third kappa shape index (κ3) is 3.10. The Hall–Kier alpha value is -1.62. The fourth-order valence-electron chi connectivity index (χ4n) is 2.79. The number of hydrogen-bond donors (Lipinski definition) is 0. The molecule has 5 nitrogen and oxygen atoms in total. The first-order valence-electron chi connectivity index (χ1n) is 6.61. The number of hydrogen-bond acceptors (Lipinski definition) is 3. The van der Waals surface area contributed by atoms with E-state index in [0.717, 1.165) is 6.42 Å². The van der Waals surface area contributed by atoms with Crippen molar-refractivity contribution in [3.8, 4) is 0 Å². The van der Waals surface area contributed by atoms with Gasteiger partial charge in [-0.05, 0) is 24.3 Å². The van der Waals surface area contributed by atoms with E-state index < -0.39 is 4.92 Å². The average Bonchev–Trinajstić information content (AvgIpc) is 2.36. The van der Waals surface area contributed by atoms with Gasteiger partial charge in [-0.1, -0.05) is 25.4 Å². The van der Waals surface area contributed by atoms with Crippen molar-refractivity contribution in [1.82, 2.24) is 4.90 Å². The third-order valence-electron chi connectivity index (χ3n) is 3.55. The number of likely N-dealkylation sites (tertiary alicyclic amines) is 1. The van der Waals surface area contributed by atoms with Crippen molar-refractivity contribution in [2.45, 2.75) is 20.3 Å². The van der Waals surface area contributed by atoms with E-state index in [-0.39, 0.29) is 16.6 Å². The van der Waals surface area contributed by atoms with Crippen LogP contribution in [0.15, 0.2) is 18.2 Å². The summed E-state index contributed by atoms with van der Waals surface area (Å²) in [5, 5.41) is 10.8. The molecule has 2 rings (SSSR count). The molecule has 6 heteroatoms. The molecule has 1 aliphatic heterocycles. The van der Waals surface area contributed by atoms with Crippen LogP contribution in [-0.4, -0.2) is 28.8 Å². The number of carbonyl (C=O) groups excluding carboxylic acids is 1. The quantitative estimate of drug-likeness (QED) is 0.621. The maximum atomic E-state index is 12.5. The second-order valence-electron chi connectivity index (χ2n) is 5.58. The second-order valence-corrected chi connectivity index (χ2v) is 5.98. The molecule has 0 aromatic heterocycles. The Kier molecular flexibility index (Phi) is 4.28. The van der Waals surface area contributed by atoms with E-state index in [1.807, 2.05) is 0 Å². The molecule has 1 aliphatic rings. The molecule has 0 radical (unpaired) electrons. The highest BCUT2D eigenvalue weighted by Crippen LogP contribution is 2.27. The first kappa shape index (κ1) is 14.8. The van der Waals surface area contributed by atoms with Crippen molar-refractivity contribution in [3.05, 3.63) is 38.9 Å². The van der Waals surface area contributed by atoms with Gasteiger partial charge in [-0.2, -0.15) is 0 Å². The van der Waals surface area contributed by atoms with Gasteiger partial charge in [0.15, 0.2) is 0 Å². The van der Waals surface area contributed by atoms with Gasteiger partial charge >= 0.3 is 0 Å². The van der Waals surface area contributed by atoms with Crippen LogP contribution in [-0.2, 0) is 0 Å². The molecule has 0 N–H and O–H groups in total. The molecule has 0 bridgehead atoms. The average molecular weight is 297 g/mol. The van der Waals surface area contributed by atoms with Crippen molar-refractivity contribution < 1.29 is 9.72 Å². The van der Waals surface area contributed by atoms with Gasteiger partial charge in [0.25, 0.3) is 11.6 Å². The maximum absolute atomic E-state index is 12.5. The van der Waals surface area contributed by atoms with Gasteiger partial charge in [-0.3, -0.25) is 14.9 Å². The third-order valence-corrected chi connectivity index (χ3v) is 3.86. The number of nitro benzene ring substituents is 1. The van der Waals surface area contributed by atoms with Crippen LogP contribution in [0.25, 0.3) is 0 Å². The SMILES string of the molecule is C[C@H]1C[C@H](C)CN(C(=O)c2ccc([N+](=O)[O-])cc2Cl)C1. The van der Waals surface area contributed by atoms with Crippen molar-refractivity contribution >= 4 is 23.2 Å². The number of piperidine rings is 1. The Balaban J connectivity index is 2.23. The minimum absolute atomic E-state index is 0.105. The summed E-state index contributed by atoms with van der Waals surface area (Å²) in [6.45, 7) is 5.65. The second kappa shape index (κ2) is 5.79. The van der Waals surface area contributed by atoms with Crippen LogP contribution in [0.3, 0.4) is 0 Å². The molecule has 1 aromatic carbocycles. The lowest BCUT2D eigenvalue weighted by atomic mass is 9.91. The summed E-state index contributed by atoms with van der Waals surface area (Å²) in [5.41, 5.74) is 0.227. The zero-order chi connectivity index (χ0) is 14.9. The lowest BCUT2D eigenvalue weighted by Crippen LogP contribution is -2.42. The lowest BCUT2D eigenvalue weighted by molar-refractivity contribution is -0.384. The number of nitrogens with zero attached hydrogens (tertiary/aromatic N) is 2. The van der Waals surface area contributed by atoms with Crippen molar-refractivity contribution in [2.24, 2.45) is 11.8 Å². The Morgan fingerprint density at radius 3 is 2.45 bits per heavy atom. The molecule has 1 heterocycles. The van der Waals surface area contributed by atoms with Gasteiger partial charge in [0.05, 0.1) is 15.5 Å². The fraction of sp³-hybridized carbons (Fsp3) is 0.500. The molecule has 20 heavy (non-hydrogen) atoms. The minimum Gasteiger partial charge on any atom is -0.338 e. The summed E-state index contributed by atoms with van der Waals surface area (Å²) >= 11 is 6.01. The van der Waals surface area contributed by atoms with E-state index in [0.29, 0.717) is 30.5 Å². The van der Waals surface area contributed by atoms with Crippen LogP contribution < -0.4 is 0 Å². The predicted octanol–water partition coefficient (Wildman–Crippen LogP) is 3.37. The minimum atomic E-state index is -0.523. The summed E-state index contributed by atoms with van der Waals surface area (Å²) in [4.78, 5) is 24.4. The van der Waals surface area contributed by atoms with Gasteiger partial charge in [-0.25, -0.2) is 0 Å². The molecule has 1 aromatic rings.